The van der Waals surface area contributed by atoms with Crippen LogP contribution < -0.4 is 0 Å². The first kappa shape index (κ1) is 10.9. The quantitative estimate of drug-likeness (QED) is 0.427. The van der Waals surface area contributed by atoms with Crippen LogP contribution in [-0.2, 0) is 16.1 Å². The molecule has 9 heteroatoms. The Balaban J connectivity index is 3.65. The van der Waals surface area contributed by atoms with Crippen LogP contribution >= 0.6 is 10.7 Å². The van der Waals surface area contributed by atoms with Gasteiger partial charge in [0, 0.05) is 17.7 Å². The number of aromatic nitrogens is 2. The first-order chi connectivity index (χ1) is 6.25. The molecule has 0 atom stereocenters. The highest BCUT2D eigenvalue weighted by molar-refractivity contribution is 8.13. The van der Waals surface area contributed by atoms with Crippen molar-refractivity contribution < 1.29 is 13.3 Å². The summed E-state index contributed by atoms with van der Waals surface area (Å²) in [6.45, 7) is 1.34. The van der Waals surface area contributed by atoms with Crippen LogP contribution in [-0.4, -0.2) is 23.1 Å². The Morgan fingerprint density at radius 1 is 1.57 bits per heavy atom. The van der Waals surface area contributed by atoms with E-state index < -0.39 is 24.7 Å². The average molecular weight is 240 g/mol. The largest absolute Gasteiger partial charge is 0.330 e. The minimum atomic E-state index is -4.16. The lowest BCUT2D eigenvalue weighted by Crippen LogP contribution is -2.03. The van der Waals surface area contributed by atoms with Gasteiger partial charge in [0.2, 0.25) is 5.03 Å². The van der Waals surface area contributed by atoms with Crippen LogP contribution in [0.3, 0.4) is 0 Å². The molecule has 7 nitrogen and oxygen atoms in total. The zero-order chi connectivity index (χ0) is 11.1. The summed E-state index contributed by atoms with van der Waals surface area (Å²) in [7, 11) is 2.15. The standard InChI is InChI=1S/C5H6ClN3O4S/c1-3-4(9(10)11)5(8(2)7-3)14(6,12)13/h1-2H3. The van der Waals surface area contributed by atoms with E-state index in [0.29, 0.717) is 0 Å². The molecule has 1 aromatic heterocycles. The molecule has 78 valence electrons. The van der Waals surface area contributed by atoms with Crippen LogP contribution in [0.2, 0.25) is 0 Å². The third-order valence-corrected chi connectivity index (χ3v) is 2.91. The van der Waals surface area contributed by atoms with Gasteiger partial charge >= 0.3 is 5.69 Å². The highest BCUT2D eigenvalue weighted by Crippen LogP contribution is 2.28. The zero-order valence-corrected chi connectivity index (χ0v) is 8.83. The summed E-state index contributed by atoms with van der Waals surface area (Å²) >= 11 is 0. The van der Waals surface area contributed by atoms with Crippen molar-refractivity contribution >= 4 is 25.4 Å². The normalized spacial score (nSPS) is 11.6. The van der Waals surface area contributed by atoms with Crippen molar-refractivity contribution in [2.75, 3.05) is 0 Å². The van der Waals surface area contributed by atoms with Crippen LogP contribution in [0.25, 0.3) is 0 Å². The Bertz CT molecular complexity index is 491. The topological polar surface area (TPSA) is 95.1 Å². The number of hydrogen-bond donors (Lipinski definition) is 0. The van der Waals surface area contributed by atoms with E-state index in [4.69, 9.17) is 10.7 Å². The molecular formula is C5H6ClN3O4S. The minimum Gasteiger partial charge on any atom is -0.258 e. The molecule has 0 N–H and O–H groups in total. The lowest BCUT2D eigenvalue weighted by atomic mass is 10.4. The highest BCUT2D eigenvalue weighted by Gasteiger charge is 2.32. The Kier molecular flexibility index (Phi) is 2.50. The molecule has 0 bridgehead atoms. The maximum atomic E-state index is 11.0. The highest BCUT2D eigenvalue weighted by atomic mass is 35.7. The van der Waals surface area contributed by atoms with Crippen molar-refractivity contribution in [3.8, 4) is 0 Å². The summed E-state index contributed by atoms with van der Waals surface area (Å²) in [5.74, 6) is 0. The van der Waals surface area contributed by atoms with Gasteiger partial charge in [-0.15, -0.1) is 0 Å². The van der Waals surface area contributed by atoms with Gasteiger partial charge in [-0.25, -0.2) is 13.1 Å². The average Bonchev–Trinajstić information content (AvgIpc) is 2.23. The van der Waals surface area contributed by atoms with Crippen LogP contribution in [0.4, 0.5) is 5.69 Å². The fourth-order valence-corrected chi connectivity index (χ4v) is 2.44. The molecule has 0 fully saturated rings. The van der Waals surface area contributed by atoms with Crippen LogP contribution in [0.5, 0.6) is 0 Å². The maximum absolute atomic E-state index is 11.0. The van der Waals surface area contributed by atoms with Crippen molar-refractivity contribution in [2.24, 2.45) is 7.05 Å². The lowest BCUT2D eigenvalue weighted by Gasteiger charge is -1.94. The van der Waals surface area contributed by atoms with Gasteiger partial charge < -0.3 is 0 Å². The van der Waals surface area contributed by atoms with Gasteiger partial charge in [-0.05, 0) is 6.92 Å². The Morgan fingerprint density at radius 3 is 2.36 bits per heavy atom. The molecule has 0 spiro atoms. The minimum absolute atomic E-state index is 0.0109. The van der Waals surface area contributed by atoms with E-state index in [1.54, 1.807) is 0 Å². The summed E-state index contributed by atoms with van der Waals surface area (Å²) in [5, 5.41) is 13.5. The van der Waals surface area contributed by atoms with Gasteiger partial charge in [0.15, 0.2) is 0 Å². The van der Waals surface area contributed by atoms with Crippen molar-refractivity contribution in [1.29, 1.82) is 0 Å². The number of nitrogens with zero attached hydrogens (tertiary/aromatic N) is 3. The molecule has 1 heterocycles. The van der Waals surface area contributed by atoms with Gasteiger partial charge in [0.05, 0.1) is 4.92 Å². The molecule has 1 aromatic rings. The molecular weight excluding hydrogens is 234 g/mol. The molecule has 0 unspecified atom stereocenters. The van der Waals surface area contributed by atoms with E-state index >= 15 is 0 Å². The third-order valence-electron chi connectivity index (χ3n) is 1.55. The van der Waals surface area contributed by atoms with Crippen molar-refractivity contribution in [2.45, 2.75) is 11.9 Å². The first-order valence-corrected chi connectivity index (χ1v) is 5.68. The number of nitro groups is 1. The lowest BCUT2D eigenvalue weighted by molar-refractivity contribution is -0.388. The summed E-state index contributed by atoms with van der Waals surface area (Å²) in [6, 6.07) is 0. The summed E-state index contributed by atoms with van der Waals surface area (Å²) in [6.07, 6.45) is 0. The van der Waals surface area contributed by atoms with Crippen molar-refractivity contribution in [3.63, 3.8) is 0 Å². The van der Waals surface area contributed by atoms with Gasteiger partial charge in [-0.3, -0.25) is 10.1 Å². The third kappa shape index (κ3) is 1.70. The van der Waals surface area contributed by atoms with Gasteiger partial charge in [-0.1, -0.05) is 0 Å². The van der Waals surface area contributed by atoms with Crippen LogP contribution in [0, 0.1) is 17.0 Å². The van der Waals surface area contributed by atoms with E-state index in [2.05, 4.69) is 5.10 Å². The SMILES string of the molecule is Cc1nn(C)c(S(=O)(=O)Cl)c1[N+](=O)[O-]. The monoisotopic (exact) mass is 239 g/mol. The molecule has 1 rings (SSSR count). The zero-order valence-electron chi connectivity index (χ0n) is 7.26. The van der Waals surface area contributed by atoms with Gasteiger partial charge in [0.1, 0.15) is 5.69 Å². The smallest absolute Gasteiger partial charge is 0.258 e. The van der Waals surface area contributed by atoms with Crippen molar-refractivity contribution in [3.05, 3.63) is 15.8 Å². The van der Waals surface area contributed by atoms with Crippen LogP contribution in [0.1, 0.15) is 5.69 Å². The molecule has 14 heavy (non-hydrogen) atoms. The first-order valence-electron chi connectivity index (χ1n) is 3.37. The molecule has 0 aliphatic heterocycles. The summed E-state index contributed by atoms with van der Waals surface area (Å²) in [5.41, 5.74) is -0.570. The van der Waals surface area contributed by atoms with E-state index in [9.17, 15) is 18.5 Å². The van der Waals surface area contributed by atoms with E-state index in [0.717, 1.165) is 4.68 Å². The van der Waals surface area contributed by atoms with E-state index in [-0.39, 0.29) is 5.69 Å². The fraction of sp³-hybridized carbons (Fsp3) is 0.400. The predicted octanol–water partition coefficient (Wildman–Crippen LogP) is 0.564. The summed E-state index contributed by atoms with van der Waals surface area (Å²) < 4.78 is 22.9. The molecule has 0 radical (unpaired) electrons. The molecule has 0 saturated carbocycles. The fourth-order valence-electron chi connectivity index (χ4n) is 1.11. The molecule has 0 aromatic carbocycles. The van der Waals surface area contributed by atoms with Gasteiger partial charge in [0.25, 0.3) is 9.05 Å². The second-order valence-electron chi connectivity index (χ2n) is 2.56. The number of hydrogen-bond acceptors (Lipinski definition) is 5. The molecule has 0 aliphatic rings. The maximum Gasteiger partial charge on any atom is 0.330 e. The number of rotatable bonds is 2. The molecule has 0 saturated heterocycles. The van der Waals surface area contributed by atoms with Crippen LogP contribution in [0.15, 0.2) is 5.03 Å². The number of halogens is 1. The second kappa shape index (κ2) is 3.21. The van der Waals surface area contributed by atoms with Crippen molar-refractivity contribution in [1.82, 2.24) is 9.78 Å². The molecule has 0 aliphatic carbocycles. The van der Waals surface area contributed by atoms with E-state index in [1.165, 1.54) is 14.0 Å². The Hall–Kier alpha value is -1.15. The van der Waals surface area contributed by atoms with Gasteiger partial charge in [-0.2, -0.15) is 5.10 Å². The second-order valence-corrected chi connectivity index (χ2v) is 5.04. The van der Waals surface area contributed by atoms with E-state index in [1.807, 2.05) is 0 Å². The Labute approximate surface area is 83.9 Å². The molecule has 0 amide bonds. The predicted molar refractivity (Wildman–Crippen MR) is 47.6 cm³/mol. The number of aryl methyl sites for hydroxylation is 2. The summed E-state index contributed by atoms with van der Waals surface area (Å²) in [4.78, 5) is 9.71. The Morgan fingerprint density at radius 2 is 2.07 bits per heavy atom.